The zero-order chi connectivity index (χ0) is 21.7. The minimum absolute atomic E-state index is 0.127. The lowest BCUT2D eigenvalue weighted by atomic mass is 10.0. The van der Waals surface area contributed by atoms with E-state index in [1.165, 1.54) is 17.7 Å². The van der Waals surface area contributed by atoms with Crippen LogP contribution < -0.4 is 5.32 Å². The number of hydrogen-bond donors (Lipinski definition) is 4. The molecule has 1 aliphatic rings. The van der Waals surface area contributed by atoms with Gasteiger partial charge < -0.3 is 15.4 Å². The number of hydrogen-bond acceptors (Lipinski definition) is 5. The molecule has 8 heteroatoms. The Morgan fingerprint density at radius 3 is 2.75 bits per heavy atom. The summed E-state index contributed by atoms with van der Waals surface area (Å²) in [6.07, 6.45) is 8.32. The Kier molecular flexibility index (Phi) is 4.26. The van der Waals surface area contributed by atoms with Gasteiger partial charge in [-0.25, -0.2) is 4.39 Å². The first kappa shape index (κ1) is 18.7. The van der Waals surface area contributed by atoms with Gasteiger partial charge in [-0.3, -0.25) is 15.1 Å². The molecule has 0 aliphatic carbocycles. The monoisotopic (exact) mass is 426 g/mol. The number of halogens is 1. The third kappa shape index (κ3) is 3.12. The van der Waals surface area contributed by atoms with E-state index >= 15 is 0 Å². The molecule has 5 aromatic rings. The molecule has 6 rings (SSSR count). The number of nitrogens with one attached hydrogen (secondary N) is 3. The fourth-order valence-electron chi connectivity index (χ4n) is 4.29. The molecule has 158 valence electrons. The molecule has 1 aliphatic heterocycles. The van der Waals surface area contributed by atoms with Crippen molar-refractivity contribution in [2.24, 2.45) is 0 Å². The van der Waals surface area contributed by atoms with Crippen LogP contribution in [-0.4, -0.2) is 43.3 Å². The van der Waals surface area contributed by atoms with Crippen LogP contribution in [0.3, 0.4) is 0 Å². The predicted molar refractivity (Wildman–Crippen MR) is 121 cm³/mol. The summed E-state index contributed by atoms with van der Waals surface area (Å²) < 4.78 is 13.9. The topological polar surface area (TPSA) is 103 Å². The zero-order valence-electron chi connectivity index (χ0n) is 17.0. The third-order valence-electron chi connectivity index (χ3n) is 5.83. The lowest BCUT2D eigenvalue weighted by Gasteiger charge is -2.13. The van der Waals surface area contributed by atoms with Crippen molar-refractivity contribution in [3.63, 3.8) is 0 Å². The Morgan fingerprint density at radius 1 is 0.969 bits per heavy atom. The van der Waals surface area contributed by atoms with Gasteiger partial charge >= 0.3 is 0 Å². The summed E-state index contributed by atoms with van der Waals surface area (Å²) >= 11 is 0. The number of nitrogens with zero attached hydrogens (tertiary/aromatic N) is 3. The number of H-pyrrole nitrogens is 2. The molecule has 0 fully saturated rings. The van der Waals surface area contributed by atoms with E-state index in [4.69, 9.17) is 0 Å². The maximum Gasteiger partial charge on any atom is 0.127 e. The first-order valence-electron chi connectivity index (χ1n) is 10.4. The number of aromatic hydroxyl groups is 1. The molecule has 1 aromatic carbocycles. The van der Waals surface area contributed by atoms with Crippen LogP contribution in [0.15, 0.2) is 55.0 Å². The van der Waals surface area contributed by atoms with Gasteiger partial charge in [0.25, 0.3) is 0 Å². The van der Waals surface area contributed by atoms with Crippen LogP contribution in [-0.2, 0) is 0 Å². The number of rotatable bonds is 3. The summed E-state index contributed by atoms with van der Waals surface area (Å²) in [6, 6.07) is 8.05. The Labute approximate surface area is 182 Å². The molecule has 0 amide bonds. The lowest BCUT2D eigenvalue weighted by molar-refractivity contribution is 0.469. The first-order valence-corrected chi connectivity index (χ1v) is 10.4. The number of aromatic nitrogens is 5. The standard InChI is InChI=1S/C24H19FN6O/c25-15-5-14(6-16(32)7-15)19-10-27-11-22-17(19)8-21(29-22)24-18-9-20(13-1-3-26-4-2-13)28-12-23(18)30-31-24/h1,5-12,26,29,32H,2-4H2,(H,30,31). The van der Waals surface area contributed by atoms with E-state index in [9.17, 15) is 9.50 Å². The highest BCUT2D eigenvalue weighted by Crippen LogP contribution is 2.35. The molecule has 0 saturated carbocycles. The number of pyridine rings is 2. The highest BCUT2D eigenvalue weighted by atomic mass is 19.1. The Hall–Kier alpha value is -4.04. The SMILES string of the molecule is Oc1cc(F)cc(-c2cncc3[nH]c(-c4n[nH]c5cnc(C6=CCNCC6)cc45)cc23)c1. The van der Waals surface area contributed by atoms with Crippen LogP contribution in [0.1, 0.15) is 12.1 Å². The normalized spacial score (nSPS) is 14.2. The van der Waals surface area contributed by atoms with E-state index in [0.29, 0.717) is 5.56 Å². The summed E-state index contributed by atoms with van der Waals surface area (Å²) in [4.78, 5) is 12.3. The molecular weight excluding hydrogens is 407 g/mol. The van der Waals surface area contributed by atoms with E-state index in [2.05, 4.69) is 42.6 Å². The number of aromatic amines is 2. The van der Waals surface area contributed by atoms with Crippen molar-refractivity contribution in [3.05, 3.63) is 66.5 Å². The molecular formula is C24H19FN6O. The molecule has 4 N–H and O–H groups in total. The second-order valence-electron chi connectivity index (χ2n) is 7.90. The van der Waals surface area contributed by atoms with E-state index in [-0.39, 0.29) is 5.75 Å². The minimum atomic E-state index is -0.502. The largest absolute Gasteiger partial charge is 0.508 e. The smallest absolute Gasteiger partial charge is 0.127 e. The van der Waals surface area contributed by atoms with Gasteiger partial charge in [0.2, 0.25) is 0 Å². The van der Waals surface area contributed by atoms with E-state index < -0.39 is 5.82 Å². The second kappa shape index (κ2) is 7.28. The van der Waals surface area contributed by atoms with Crippen LogP contribution in [0.25, 0.3) is 49.9 Å². The van der Waals surface area contributed by atoms with Gasteiger partial charge in [-0.2, -0.15) is 5.10 Å². The van der Waals surface area contributed by atoms with Gasteiger partial charge in [-0.05, 0) is 48.4 Å². The molecule has 5 heterocycles. The average Bonchev–Trinajstić information content (AvgIpc) is 3.42. The van der Waals surface area contributed by atoms with E-state index in [0.717, 1.165) is 70.0 Å². The summed E-state index contributed by atoms with van der Waals surface area (Å²) in [5, 5.41) is 22.6. The fraction of sp³-hybridized carbons (Fsp3) is 0.125. The van der Waals surface area contributed by atoms with Crippen LogP contribution in [0, 0.1) is 5.82 Å². The number of phenols is 1. The molecule has 0 bridgehead atoms. The molecule has 0 saturated heterocycles. The predicted octanol–water partition coefficient (Wildman–Crippen LogP) is 4.39. The van der Waals surface area contributed by atoms with Gasteiger partial charge in [-0.1, -0.05) is 6.08 Å². The Bertz CT molecular complexity index is 1500. The second-order valence-corrected chi connectivity index (χ2v) is 7.90. The number of benzene rings is 1. The average molecular weight is 426 g/mol. The van der Waals surface area contributed by atoms with Crippen LogP contribution in [0.2, 0.25) is 0 Å². The molecule has 0 radical (unpaired) electrons. The van der Waals surface area contributed by atoms with E-state index in [1.807, 2.05) is 12.3 Å². The zero-order valence-corrected chi connectivity index (χ0v) is 17.0. The van der Waals surface area contributed by atoms with Crippen molar-refractivity contribution < 1.29 is 9.50 Å². The summed E-state index contributed by atoms with van der Waals surface area (Å²) in [7, 11) is 0. The van der Waals surface area contributed by atoms with Crippen LogP contribution >= 0.6 is 0 Å². The Balaban J connectivity index is 1.49. The minimum Gasteiger partial charge on any atom is -0.508 e. The van der Waals surface area contributed by atoms with Crippen molar-refractivity contribution in [1.82, 2.24) is 30.5 Å². The quantitative estimate of drug-likeness (QED) is 0.343. The van der Waals surface area contributed by atoms with Crippen molar-refractivity contribution in [2.75, 3.05) is 13.1 Å². The molecule has 0 atom stereocenters. The lowest BCUT2D eigenvalue weighted by Crippen LogP contribution is -2.20. The summed E-state index contributed by atoms with van der Waals surface area (Å²) in [6.45, 7) is 1.79. The van der Waals surface area contributed by atoms with Crippen molar-refractivity contribution in [3.8, 4) is 28.3 Å². The van der Waals surface area contributed by atoms with Crippen molar-refractivity contribution in [2.45, 2.75) is 6.42 Å². The summed E-state index contributed by atoms with van der Waals surface area (Å²) in [5.41, 5.74) is 6.71. The molecule has 32 heavy (non-hydrogen) atoms. The molecule has 0 unspecified atom stereocenters. The van der Waals surface area contributed by atoms with Gasteiger partial charge in [0.05, 0.1) is 34.8 Å². The molecule has 7 nitrogen and oxygen atoms in total. The number of phenolic OH excluding ortho intramolecular Hbond substituents is 1. The van der Waals surface area contributed by atoms with Crippen LogP contribution in [0.5, 0.6) is 5.75 Å². The first-order chi connectivity index (χ1) is 15.7. The van der Waals surface area contributed by atoms with Gasteiger partial charge in [0.15, 0.2) is 0 Å². The summed E-state index contributed by atoms with van der Waals surface area (Å²) in [5.74, 6) is -0.628. The Morgan fingerprint density at radius 2 is 1.91 bits per heavy atom. The maximum absolute atomic E-state index is 13.9. The van der Waals surface area contributed by atoms with E-state index in [1.54, 1.807) is 12.4 Å². The highest BCUT2D eigenvalue weighted by Gasteiger charge is 2.16. The molecule has 4 aromatic heterocycles. The van der Waals surface area contributed by atoms with Gasteiger partial charge in [0, 0.05) is 35.1 Å². The van der Waals surface area contributed by atoms with Gasteiger partial charge in [-0.15, -0.1) is 0 Å². The van der Waals surface area contributed by atoms with Crippen molar-refractivity contribution in [1.29, 1.82) is 0 Å². The van der Waals surface area contributed by atoms with Crippen LogP contribution in [0.4, 0.5) is 4.39 Å². The third-order valence-corrected chi connectivity index (χ3v) is 5.83. The molecule has 0 spiro atoms. The highest BCUT2D eigenvalue weighted by molar-refractivity contribution is 6.01. The maximum atomic E-state index is 13.9. The van der Waals surface area contributed by atoms with Gasteiger partial charge in [0.1, 0.15) is 17.3 Å². The fourth-order valence-corrected chi connectivity index (χ4v) is 4.29. The number of fused-ring (bicyclic) bond motifs is 2. The van der Waals surface area contributed by atoms with Crippen molar-refractivity contribution >= 4 is 27.4 Å².